The van der Waals surface area contributed by atoms with E-state index in [0.717, 1.165) is 0 Å². The van der Waals surface area contributed by atoms with Crippen molar-refractivity contribution in [3.63, 3.8) is 0 Å². The Morgan fingerprint density at radius 3 is 2.41 bits per heavy atom. The Kier molecular flexibility index (Phi) is 7.73. The fourth-order valence-electron chi connectivity index (χ4n) is 1.89. The van der Waals surface area contributed by atoms with Crippen LogP contribution in [0.15, 0.2) is 59.2 Å². The number of hydrogen-bond donors (Lipinski definition) is 4. The van der Waals surface area contributed by atoms with E-state index >= 15 is 0 Å². The van der Waals surface area contributed by atoms with Crippen molar-refractivity contribution in [1.82, 2.24) is 16.2 Å². The lowest BCUT2D eigenvalue weighted by Gasteiger charge is -2.09. The highest BCUT2D eigenvalue weighted by Gasteiger charge is 2.08. The number of amides is 3. The Morgan fingerprint density at radius 1 is 0.963 bits per heavy atom. The van der Waals surface area contributed by atoms with E-state index in [2.05, 4.69) is 21.5 Å². The van der Waals surface area contributed by atoms with Crippen LogP contribution in [0.1, 0.15) is 18.6 Å². The fourth-order valence-corrected chi connectivity index (χ4v) is 2.04. The lowest BCUT2D eigenvalue weighted by molar-refractivity contribution is -0.124. The Morgan fingerprint density at radius 2 is 1.70 bits per heavy atom. The van der Waals surface area contributed by atoms with E-state index in [9.17, 15) is 14.4 Å². The van der Waals surface area contributed by atoms with Gasteiger partial charge in [-0.3, -0.25) is 30.6 Å². The molecule has 4 N–H and O–H groups in total. The fraction of sp³-hybridized carbons (Fsp3) is 0.111. The third-order valence-corrected chi connectivity index (χ3v) is 3.34. The van der Waals surface area contributed by atoms with E-state index < -0.39 is 11.8 Å². The number of carbonyl (C=O) groups is 3. The Bertz CT molecular complexity index is 819. The average Bonchev–Trinajstić information content (AvgIpc) is 3.17. The second-order valence-corrected chi connectivity index (χ2v) is 5.66. The van der Waals surface area contributed by atoms with Gasteiger partial charge in [0.1, 0.15) is 5.76 Å². The molecule has 1 aromatic carbocycles. The minimum absolute atomic E-state index is 0.00735. The van der Waals surface area contributed by atoms with Crippen molar-refractivity contribution >= 4 is 46.8 Å². The number of benzene rings is 1. The van der Waals surface area contributed by atoms with E-state index in [1.54, 1.807) is 36.4 Å². The van der Waals surface area contributed by atoms with Gasteiger partial charge in [0.2, 0.25) is 17.7 Å². The van der Waals surface area contributed by atoms with Crippen LogP contribution in [0.25, 0.3) is 6.08 Å². The molecular formula is C18H18N4O4S. The van der Waals surface area contributed by atoms with Crippen molar-refractivity contribution in [3.8, 4) is 0 Å². The average molecular weight is 386 g/mol. The summed E-state index contributed by atoms with van der Waals surface area (Å²) in [6.07, 6.45) is 4.16. The molecule has 8 nitrogen and oxygen atoms in total. The molecule has 0 aliphatic heterocycles. The lowest BCUT2D eigenvalue weighted by atomic mass is 10.2. The van der Waals surface area contributed by atoms with Gasteiger partial charge >= 0.3 is 0 Å². The van der Waals surface area contributed by atoms with Crippen molar-refractivity contribution in [2.45, 2.75) is 12.8 Å². The molecule has 0 fully saturated rings. The van der Waals surface area contributed by atoms with Crippen LogP contribution in [0.4, 0.5) is 5.69 Å². The van der Waals surface area contributed by atoms with E-state index in [4.69, 9.17) is 16.6 Å². The second-order valence-electron chi connectivity index (χ2n) is 5.25. The second kappa shape index (κ2) is 10.5. The number of carbonyl (C=O) groups excluding carboxylic acids is 3. The topological polar surface area (TPSA) is 112 Å². The first-order chi connectivity index (χ1) is 13.0. The third kappa shape index (κ3) is 7.97. The minimum atomic E-state index is -0.486. The maximum Gasteiger partial charge on any atom is 0.250 e. The molecule has 0 radical (unpaired) electrons. The van der Waals surface area contributed by atoms with Crippen LogP contribution in [0, 0.1) is 0 Å². The number of thiocarbonyl (C=S) groups is 1. The Balaban J connectivity index is 1.62. The number of hydrogen-bond acceptors (Lipinski definition) is 5. The van der Waals surface area contributed by atoms with E-state index in [1.165, 1.54) is 18.4 Å². The van der Waals surface area contributed by atoms with Crippen molar-refractivity contribution < 1.29 is 18.8 Å². The molecule has 3 amide bonds. The van der Waals surface area contributed by atoms with E-state index in [-0.39, 0.29) is 23.9 Å². The molecule has 0 saturated carbocycles. The van der Waals surface area contributed by atoms with Gasteiger partial charge < -0.3 is 9.73 Å². The van der Waals surface area contributed by atoms with Gasteiger partial charge in [0.05, 0.1) is 6.26 Å². The molecule has 0 aliphatic carbocycles. The summed E-state index contributed by atoms with van der Waals surface area (Å²) in [6, 6.07) is 12.3. The number of furan rings is 1. The predicted molar refractivity (Wildman–Crippen MR) is 104 cm³/mol. The van der Waals surface area contributed by atoms with Gasteiger partial charge in [0.25, 0.3) is 0 Å². The highest BCUT2D eigenvalue weighted by atomic mass is 32.1. The molecule has 27 heavy (non-hydrogen) atoms. The molecule has 2 rings (SSSR count). The highest BCUT2D eigenvalue weighted by Crippen LogP contribution is 2.06. The first-order valence-corrected chi connectivity index (χ1v) is 8.40. The first-order valence-electron chi connectivity index (χ1n) is 7.99. The molecule has 0 atom stereocenters. The van der Waals surface area contributed by atoms with Crippen molar-refractivity contribution in [2.24, 2.45) is 0 Å². The van der Waals surface area contributed by atoms with Gasteiger partial charge in [-0.2, -0.15) is 0 Å². The summed E-state index contributed by atoms with van der Waals surface area (Å²) in [4.78, 5) is 35.1. The molecule has 1 heterocycles. The van der Waals surface area contributed by atoms with Gasteiger partial charge in [0.15, 0.2) is 5.11 Å². The Labute approximate surface area is 161 Å². The number of nitrogens with one attached hydrogen (secondary N) is 4. The van der Waals surface area contributed by atoms with Gasteiger partial charge in [-0.05, 0) is 42.6 Å². The number of para-hydroxylation sites is 1. The van der Waals surface area contributed by atoms with Crippen LogP contribution >= 0.6 is 12.2 Å². The summed E-state index contributed by atoms with van der Waals surface area (Å²) >= 11 is 4.89. The molecule has 2 aromatic rings. The van der Waals surface area contributed by atoms with Crippen LogP contribution in [-0.2, 0) is 14.4 Å². The molecule has 0 bridgehead atoms. The standard InChI is InChI=1S/C18H18N4O4S/c23-15(19-13-5-2-1-3-6-13)10-11-17(25)21-22-18(27)20-16(24)9-8-14-7-4-12-26-14/h1-9,12H,10-11H2,(H,19,23)(H,21,25)(H2,20,22,24,27)/b9-8+. The monoisotopic (exact) mass is 386 g/mol. The zero-order chi connectivity index (χ0) is 19.5. The molecule has 0 aliphatic rings. The van der Waals surface area contributed by atoms with Crippen molar-refractivity contribution in [2.75, 3.05) is 5.32 Å². The molecule has 140 valence electrons. The van der Waals surface area contributed by atoms with Crippen LogP contribution in [0.3, 0.4) is 0 Å². The molecular weight excluding hydrogens is 368 g/mol. The van der Waals surface area contributed by atoms with Crippen molar-refractivity contribution in [1.29, 1.82) is 0 Å². The summed E-state index contributed by atoms with van der Waals surface area (Å²) in [5.41, 5.74) is 5.36. The van der Waals surface area contributed by atoms with Gasteiger partial charge in [-0.15, -0.1) is 0 Å². The van der Waals surface area contributed by atoms with Crippen LogP contribution in [0.5, 0.6) is 0 Å². The van der Waals surface area contributed by atoms with Crippen LogP contribution in [0.2, 0.25) is 0 Å². The van der Waals surface area contributed by atoms with Crippen LogP contribution in [-0.4, -0.2) is 22.8 Å². The molecule has 0 saturated heterocycles. The number of anilines is 1. The maximum atomic E-state index is 11.8. The lowest BCUT2D eigenvalue weighted by Crippen LogP contribution is -2.48. The summed E-state index contributed by atoms with van der Waals surface area (Å²) in [6.45, 7) is 0. The summed E-state index contributed by atoms with van der Waals surface area (Å²) in [5.74, 6) is -0.692. The van der Waals surface area contributed by atoms with Crippen LogP contribution < -0.4 is 21.5 Å². The predicted octanol–water partition coefficient (Wildman–Crippen LogP) is 1.73. The third-order valence-electron chi connectivity index (χ3n) is 3.13. The highest BCUT2D eigenvalue weighted by molar-refractivity contribution is 7.80. The Hall–Kier alpha value is -3.46. The maximum absolute atomic E-state index is 11.8. The normalized spacial score (nSPS) is 10.2. The van der Waals surface area contributed by atoms with Crippen molar-refractivity contribution in [3.05, 3.63) is 60.6 Å². The smallest absolute Gasteiger partial charge is 0.250 e. The molecule has 0 unspecified atom stereocenters. The minimum Gasteiger partial charge on any atom is -0.465 e. The van der Waals surface area contributed by atoms with E-state index in [0.29, 0.717) is 11.4 Å². The number of rotatable bonds is 6. The largest absolute Gasteiger partial charge is 0.465 e. The van der Waals surface area contributed by atoms with Gasteiger partial charge in [0, 0.05) is 24.6 Å². The number of hydrazine groups is 1. The zero-order valence-electron chi connectivity index (χ0n) is 14.2. The molecule has 0 spiro atoms. The quantitative estimate of drug-likeness (QED) is 0.342. The summed E-state index contributed by atoms with van der Waals surface area (Å²) in [5, 5.41) is 4.95. The SMILES string of the molecule is O=C(/C=C/c1ccco1)NC(=S)NNC(=O)CCC(=O)Nc1ccccc1. The zero-order valence-corrected chi connectivity index (χ0v) is 15.0. The summed E-state index contributed by atoms with van der Waals surface area (Å²) in [7, 11) is 0. The molecule has 9 heteroatoms. The summed E-state index contributed by atoms with van der Waals surface area (Å²) < 4.78 is 5.05. The van der Waals surface area contributed by atoms with Gasteiger partial charge in [-0.25, -0.2) is 0 Å². The first kappa shape index (κ1) is 19.9. The van der Waals surface area contributed by atoms with E-state index in [1.807, 2.05) is 6.07 Å². The van der Waals surface area contributed by atoms with Gasteiger partial charge in [-0.1, -0.05) is 18.2 Å². The molecule has 1 aromatic heterocycles.